The van der Waals surface area contributed by atoms with E-state index >= 15 is 0 Å². The molecular weight excluding hydrogens is 310 g/mol. The smallest absolute Gasteiger partial charge is 0.269 e. The first-order chi connectivity index (χ1) is 11.2. The van der Waals surface area contributed by atoms with E-state index in [1.807, 2.05) is 6.92 Å². The molecule has 0 fully saturated rings. The van der Waals surface area contributed by atoms with Crippen molar-refractivity contribution in [2.75, 3.05) is 0 Å². The average molecular weight is 329 g/mol. The first-order valence-corrected chi connectivity index (χ1v) is 7.73. The molecule has 0 unspecified atom stereocenters. The van der Waals surface area contributed by atoms with Gasteiger partial charge in [0.15, 0.2) is 0 Å². The van der Waals surface area contributed by atoms with Gasteiger partial charge in [0.25, 0.3) is 5.69 Å². The van der Waals surface area contributed by atoms with Crippen molar-refractivity contribution in [1.82, 2.24) is 10.2 Å². The number of aromatic amines is 1. The monoisotopic (exact) mass is 329 g/mol. The molecule has 7 nitrogen and oxygen atoms in total. The van der Waals surface area contributed by atoms with Gasteiger partial charge in [-0.1, -0.05) is 12.1 Å². The lowest BCUT2D eigenvalue weighted by molar-refractivity contribution is -0.384. The number of carbonyl (C=O) groups excluding carboxylic acids is 1. The summed E-state index contributed by atoms with van der Waals surface area (Å²) in [7, 11) is 0. The minimum atomic E-state index is -1.27. The Bertz CT molecular complexity index is 825. The van der Waals surface area contributed by atoms with Crippen LogP contribution in [0.25, 0.3) is 0 Å². The summed E-state index contributed by atoms with van der Waals surface area (Å²) in [5.74, 6) is -1.31. The summed E-state index contributed by atoms with van der Waals surface area (Å²) >= 11 is 0. The summed E-state index contributed by atoms with van der Waals surface area (Å²) in [5, 5.41) is 29.1. The summed E-state index contributed by atoms with van der Waals surface area (Å²) in [4.78, 5) is 23.0. The van der Waals surface area contributed by atoms with Gasteiger partial charge >= 0.3 is 0 Å². The van der Waals surface area contributed by atoms with Crippen LogP contribution in [0.3, 0.4) is 0 Å². The normalized spacial score (nSPS) is 26.0. The van der Waals surface area contributed by atoms with Crippen molar-refractivity contribution < 1.29 is 14.8 Å². The number of rotatable bonds is 3. The Kier molecular flexibility index (Phi) is 3.76. The van der Waals surface area contributed by atoms with Gasteiger partial charge in [-0.05, 0) is 26.3 Å². The number of hydrogen-bond acceptors (Lipinski definition) is 5. The zero-order chi connectivity index (χ0) is 17.6. The molecule has 7 heteroatoms. The fourth-order valence-corrected chi connectivity index (χ4v) is 3.87. The molecule has 0 saturated heterocycles. The molecule has 2 aromatic rings. The van der Waals surface area contributed by atoms with Crippen molar-refractivity contribution in [2.45, 2.75) is 38.7 Å². The summed E-state index contributed by atoms with van der Waals surface area (Å²) in [6.07, 6.45) is 0.266. The van der Waals surface area contributed by atoms with Crippen LogP contribution in [0.15, 0.2) is 24.3 Å². The molecule has 2 N–H and O–H groups in total. The lowest BCUT2D eigenvalue weighted by atomic mass is 9.64. The van der Waals surface area contributed by atoms with Gasteiger partial charge in [-0.3, -0.25) is 20.0 Å². The second-order valence-corrected chi connectivity index (χ2v) is 6.66. The molecule has 126 valence electrons. The highest BCUT2D eigenvalue weighted by Gasteiger charge is 2.48. The van der Waals surface area contributed by atoms with Gasteiger partial charge in [-0.15, -0.1) is 0 Å². The third-order valence-corrected chi connectivity index (χ3v) is 4.79. The Morgan fingerprint density at radius 1 is 1.50 bits per heavy atom. The van der Waals surface area contributed by atoms with Gasteiger partial charge in [-0.25, -0.2) is 0 Å². The number of hydrogen-bond donors (Lipinski definition) is 2. The molecule has 0 saturated carbocycles. The Balaban J connectivity index is 2.24. The number of Topliss-reactive ketones (excluding diaryl/α,β-unsaturated/α-hetero) is 1. The van der Waals surface area contributed by atoms with Crippen molar-refractivity contribution in [2.24, 2.45) is 5.92 Å². The lowest BCUT2D eigenvalue weighted by Gasteiger charge is -2.41. The number of nitro benzene ring substituents is 1. The number of nitro groups is 1. The van der Waals surface area contributed by atoms with Gasteiger partial charge in [0.2, 0.25) is 0 Å². The van der Waals surface area contributed by atoms with Crippen LogP contribution in [-0.4, -0.2) is 31.6 Å². The van der Waals surface area contributed by atoms with Crippen LogP contribution in [0, 0.1) is 23.0 Å². The van der Waals surface area contributed by atoms with E-state index in [0.717, 1.165) is 11.3 Å². The lowest BCUT2D eigenvalue weighted by Crippen LogP contribution is -2.48. The van der Waals surface area contributed by atoms with Crippen molar-refractivity contribution in [3.8, 4) is 0 Å². The number of carbonyl (C=O) groups is 1. The largest absolute Gasteiger partial charge is 0.389 e. The number of benzene rings is 1. The van der Waals surface area contributed by atoms with Crippen LogP contribution in [0.4, 0.5) is 5.69 Å². The zero-order valence-corrected chi connectivity index (χ0v) is 13.7. The van der Waals surface area contributed by atoms with Crippen molar-refractivity contribution in [1.29, 1.82) is 0 Å². The average Bonchev–Trinajstić information content (AvgIpc) is 2.85. The summed E-state index contributed by atoms with van der Waals surface area (Å²) in [6.45, 7) is 4.92. The van der Waals surface area contributed by atoms with Crippen LogP contribution in [0.1, 0.15) is 42.3 Å². The molecule has 1 aliphatic carbocycles. The number of nitrogens with zero attached hydrogens (tertiary/aromatic N) is 2. The molecule has 24 heavy (non-hydrogen) atoms. The molecule has 0 radical (unpaired) electrons. The number of aromatic nitrogens is 2. The number of ketones is 1. The molecule has 1 aromatic heterocycles. The predicted octanol–water partition coefficient (Wildman–Crippen LogP) is 2.27. The maximum Gasteiger partial charge on any atom is 0.269 e. The first-order valence-electron chi connectivity index (χ1n) is 7.73. The number of nitrogens with one attached hydrogen (secondary N) is 1. The van der Waals surface area contributed by atoms with Gasteiger partial charge in [0.05, 0.1) is 22.1 Å². The topological polar surface area (TPSA) is 109 Å². The fourth-order valence-electron chi connectivity index (χ4n) is 3.87. The molecule has 0 bridgehead atoms. The number of H-pyrrole nitrogens is 1. The molecule has 0 spiro atoms. The van der Waals surface area contributed by atoms with Crippen LogP contribution in [-0.2, 0) is 11.2 Å². The van der Waals surface area contributed by atoms with Crippen LogP contribution in [0.5, 0.6) is 0 Å². The second kappa shape index (κ2) is 5.52. The standard InChI is InChI=1S/C17H19N3O4/c1-9-14-13(19-18-9)8-17(3,22)16(10(2)21)15(14)11-5-4-6-12(7-11)20(23)24/h4-7,15-16,22H,8H2,1-3H3,(H,18,19)/t15-,16+,17+/m0/s1. The highest BCUT2D eigenvalue weighted by Crippen LogP contribution is 2.47. The Morgan fingerprint density at radius 2 is 2.21 bits per heavy atom. The SMILES string of the molecule is CC(=O)[C@@H]1[C@@H](c2cccc([N+](=O)[O-])c2)c2c(n[nH]c2C)C[C@@]1(C)O. The number of aliphatic hydroxyl groups is 1. The van der Waals surface area contributed by atoms with Gasteiger partial charge in [0, 0.05) is 35.7 Å². The third kappa shape index (κ3) is 2.50. The molecule has 1 aromatic carbocycles. The van der Waals surface area contributed by atoms with E-state index < -0.39 is 22.4 Å². The molecule has 3 rings (SSSR count). The second-order valence-electron chi connectivity index (χ2n) is 6.66. The van der Waals surface area contributed by atoms with E-state index in [1.165, 1.54) is 19.1 Å². The number of fused-ring (bicyclic) bond motifs is 1. The van der Waals surface area contributed by atoms with Gasteiger partial charge in [-0.2, -0.15) is 5.10 Å². The van der Waals surface area contributed by atoms with E-state index in [2.05, 4.69) is 10.2 Å². The maximum absolute atomic E-state index is 12.3. The predicted molar refractivity (Wildman–Crippen MR) is 86.8 cm³/mol. The van der Waals surface area contributed by atoms with E-state index in [1.54, 1.807) is 19.1 Å². The minimum absolute atomic E-state index is 0.0392. The van der Waals surface area contributed by atoms with E-state index in [0.29, 0.717) is 11.3 Å². The molecular formula is C17H19N3O4. The highest BCUT2D eigenvalue weighted by atomic mass is 16.6. The van der Waals surface area contributed by atoms with E-state index in [9.17, 15) is 20.0 Å². The first kappa shape index (κ1) is 16.3. The Hall–Kier alpha value is -2.54. The Morgan fingerprint density at radius 3 is 2.83 bits per heavy atom. The summed E-state index contributed by atoms with van der Waals surface area (Å²) in [5.41, 5.74) is 1.69. The summed E-state index contributed by atoms with van der Waals surface area (Å²) in [6, 6.07) is 6.24. The highest BCUT2D eigenvalue weighted by molar-refractivity contribution is 5.82. The van der Waals surface area contributed by atoms with Crippen LogP contribution >= 0.6 is 0 Å². The third-order valence-electron chi connectivity index (χ3n) is 4.79. The zero-order valence-electron chi connectivity index (χ0n) is 13.7. The number of aryl methyl sites for hydroxylation is 1. The van der Waals surface area contributed by atoms with Gasteiger partial charge in [0.1, 0.15) is 5.78 Å². The molecule has 0 amide bonds. The quantitative estimate of drug-likeness (QED) is 0.663. The van der Waals surface area contributed by atoms with Gasteiger partial charge < -0.3 is 5.11 Å². The Labute approximate surface area is 138 Å². The van der Waals surface area contributed by atoms with Crippen molar-refractivity contribution in [3.63, 3.8) is 0 Å². The maximum atomic E-state index is 12.3. The van der Waals surface area contributed by atoms with E-state index in [-0.39, 0.29) is 17.9 Å². The van der Waals surface area contributed by atoms with Crippen molar-refractivity contribution in [3.05, 3.63) is 56.9 Å². The number of non-ortho nitro benzene ring substituents is 1. The summed E-state index contributed by atoms with van der Waals surface area (Å²) < 4.78 is 0. The molecule has 1 heterocycles. The molecule has 3 atom stereocenters. The van der Waals surface area contributed by atoms with E-state index in [4.69, 9.17) is 0 Å². The fraction of sp³-hybridized carbons (Fsp3) is 0.412. The molecule has 0 aliphatic heterocycles. The van der Waals surface area contributed by atoms with Crippen molar-refractivity contribution >= 4 is 11.5 Å². The van der Waals surface area contributed by atoms with Crippen LogP contribution < -0.4 is 0 Å². The van der Waals surface area contributed by atoms with Crippen LogP contribution in [0.2, 0.25) is 0 Å². The molecule has 1 aliphatic rings. The minimum Gasteiger partial charge on any atom is -0.389 e.